The molecule has 2 aromatic heterocycles. The number of benzene rings is 2. The summed E-state index contributed by atoms with van der Waals surface area (Å²) >= 11 is 1.68. The molecule has 0 unspecified atom stereocenters. The molecule has 0 amide bonds. The number of phenols is 1. The van der Waals surface area contributed by atoms with E-state index in [4.69, 9.17) is 5.73 Å². The van der Waals surface area contributed by atoms with Crippen molar-refractivity contribution in [2.75, 3.05) is 0 Å². The summed E-state index contributed by atoms with van der Waals surface area (Å²) in [4.78, 5) is 4.68. The lowest BCUT2D eigenvalue weighted by Gasteiger charge is -2.17. The molecule has 27 heavy (non-hydrogen) atoms. The largest absolute Gasteiger partial charge is 0.507 e. The van der Waals surface area contributed by atoms with Crippen LogP contribution in [0.1, 0.15) is 36.3 Å². The standard InChI is InChI=1S/C23H22N2OS/c1-13-11-19(26)21(22-17-9-10-27-20(17)12-25-23(13)22)15-7-5-14(6-8-15)16-3-2-4-18(16)24/h5-12,16,18,26H,2-4,24H2,1H3/t16-,18+/m0/s1. The van der Waals surface area contributed by atoms with Crippen molar-refractivity contribution < 1.29 is 5.11 Å². The van der Waals surface area contributed by atoms with E-state index in [0.29, 0.717) is 11.7 Å². The van der Waals surface area contributed by atoms with Crippen molar-refractivity contribution in [1.82, 2.24) is 4.98 Å². The maximum Gasteiger partial charge on any atom is 0.124 e. The predicted octanol–water partition coefficient (Wildman–Crippen LogP) is 5.73. The van der Waals surface area contributed by atoms with E-state index < -0.39 is 0 Å². The summed E-state index contributed by atoms with van der Waals surface area (Å²) in [6, 6.07) is 12.8. The van der Waals surface area contributed by atoms with Gasteiger partial charge in [0.2, 0.25) is 0 Å². The monoisotopic (exact) mass is 374 g/mol. The van der Waals surface area contributed by atoms with Crippen LogP contribution < -0.4 is 5.73 Å². The number of fused-ring (bicyclic) bond motifs is 3. The molecule has 0 bridgehead atoms. The Morgan fingerprint density at radius 1 is 1.15 bits per heavy atom. The molecule has 5 rings (SSSR count). The maximum absolute atomic E-state index is 10.8. The van der Waals surface area contributed by atoms with E-state index in [9.17, 15) is 5.11 Å². The van der Waals surface area contributed by atoms with Crippen molar-refractivity contribution in [2.45, 2.75) is 38.1 Å². The van der Waals surface area contributed by atoms with E-state index in [1.807, 2.05) is 19.2 Å². The molecule has 1 aliphatic rings. The van der Waals surface area contributed by atoms with Gasteiger partial charge < -0.3 is 10.8 Å². The Hall–Kier alpha value is -2.43. The third-order valence-corrected chi connectivity index (χ3v) is 6.79. The molecule has 0 spiro atoms. The van der Waals surface area contributed by atoms with Crippen molar-refractivity contribution in [3.63, 3.8) is 0 Å². The molecule has 0 radical (unpaired) electrons. The maximum atomic E-state index is 10.8. The lowest BCUT2D eigenvalue weighted by atomic mass is 9.91. The zero-order chi connectivity index (χ0) is 18.5. The first-order chi connectivity index (χ1) is 13.1. The van der Waals surface area contributed by atoms with Crippen LogP contribution in [0, 0.1) is 6.92 Å². The normalized spacial score (nSPS) is 19.9. The van der Waals surface area contributed by atoms with E-state index in [-0.39, 0.29) is 6.04 Å². The van der Waals surface area contributed by atoms with Crippen molar-refractivity contribution in [2.24, 2.45) is 5.73 Å². The highest BCUT2D eigenvalue weighted by Crippen LogP contribution is 2.42. The third kappa shape index (κ3) is 2.63. The van der Waals surface area contributed by atoms with Gasteiger partial charge in [-0.25, -0.2) is 0 Å². The Bertz CT molecular complexity index is 1150. The van der Waals surface area contributed by atoms with Gasteiger partial charge in [0, 0.05) is 28.6 Å². The first-order valence-corrected chi connectivity index (χ1v) is 10.4. The summed E-state index contributed by atoms with van der Waals surface area (Å²) in [5.41, 5.74) is 11.4. The van der Waals surface area contributed by atoms with Gasteiger partial charge in [-0.3, -0.25) is 4.98 Å². The quantitative estimate of drug-likeness (QED) is 0.471. The second kappa shape index (κ2) is 6.32. The smallest absolute Gasteiger partial charge is 0.124 e. The SMILES string of the molecule is Cc1cc(O)c(-c2ccc([C@@H]3CCC[C@H]3N)cc2)c2c1ncc1sccc12. The summed E-state index contributed by atoms with van der Waals surface area (Å²) < 4.78 is 1.14. The highest BCUT2D eigenvalue weighted by atomic mass is 32.1. The van der Waals surface area contributed by atoms with E-state index >= 15 is 0 Å². The van der Waals surface area contributed by atoms with Crippen molar-refractivity contribution in [3.8, 4) is 16.9 Å². The number of phenolic OH excluding ortho intramolecular Hbond substituents is 1. The van der Waals surface area contributed by atoms with Crippen LogP contribution >= 0.6 is 11.3 Å². The van der Waals surface area contributed by atoms with Crippen LogP contribution in [-0.4, -0.2) is 16.1 Å². The number of thiophene rings is 1. The fraction of sp³-hybridized carbons (Fsp3) is 0.261. The Balaban J connectivity index is 1.71. The number of hydrogen-bond acceptors (Lipinski definition) is 4. The minimum atomic E-state index is 0.263. The molecule has 1 fully saturated rings. The molecule has 1 aliphatic carbocycles. The van der Waals surface area contributed by atoms with Gasteiger partial charge in [0.15, 0.2) is 0 Å². The van der Waals surface area contributed by atoms with Gasteiger partial charge >= 0.3 is 0 Å². The number of pyridine rings is 1. The van der Waals surface area contributed by atoms with Gasteiger partial charge in [0.05, 0.1) is 10.2 Å². The van der Waals surface area contributed by atoms with E-state index in [0.717, 1.165) is 44.1 Å². The van der Waals surface area contributed by atoms with Crippen LogP contribution in [0.2, 0.25) is 0 Å². The fourth-order valence-electron chi connectivity index (χ4n) is 4.56. The molecule has 3 nitrogen and oxygen atoms in total. The molecular formula is C23H22N2OS. The molecule has 2 aromatic carbocycles. The summed E-state index contributed by atoms with van der Waals surface area (Å²) in [6.45, 7) is 2.00. The number of aromatic nitrogens is 1. The van der Waals surface area contributed by atoms with Gasteiger partial charge in [-0.05, 0) is 59.9 Å². The number of nitrogens with zero attached hydrogens (tertiary/aromatic N) is 1. The first-order valence-electron chi connectivity index (χ1n) is 9.48. The average molecular weight is 375 g/mol. The molecular weight excluding hydrogens is 352 g/mol. The molecule has 136 valence electrons. The number of hydrogen-bond donors (Lipinski definition) is 2. The topological polar surface area (TPSA) is 59.1 Å². The van der Waals surface area contributed by atoms with Crippen LogP contribution in [-0.2, 0) is 0 Å². The fourth-order valence-corrected chi connectivity index (χ4v) is 5.32. The van der Waals surface area contributed by atoms with Crippen LogP contribution in [0.5, 0.6) is 5.75 Å². The summed E-state index contributed by atoms with van der Waals surface area (Å²) in [7, 11) is 0. The molecule has 4 heteroatoms. The second-order valence-corrected chi connectivity index (χ2v) is 8.54. The summed E-state index contributed by atoms with van der Waals surface area (Å²) in [5, 5.41) is 15.1. The van der Waals surface area contributed by atoms with Crippen LogP contribution in [0.25, 0.3) is 32.1 Å². The highest BCUT2D eigenvalue weighted by molar-refractivity contribution is 7.17. The lowest BCUT2D eigenvalue weighted by molar-refractivity contribution is 0.477. The van der Waals surface area contributed by atoms with E-state index in [1.54, 1.807) is 11.3 Å². The highest BCUT2D eigenvalue weighted by Gasteiger charge is 2.25. The molecule has 3 N–H and O–H groups in total. The number of rotatable bonds is 2. The minimum absolute atomic E-state index is 0.263. The molecule has 0 aliphatic heterocycles. The van der Waals surface area contributed by atoms with Gasteiger partial charge in [-0.2, -0.15) is 0 Å². The second-order valence-electron chi connectivity index (χ2n) is 7.59. The molecule has 2 heterocycles. The first kappa shape index (κ1) is 16.7. The van der Waals surface area contributed by atoms with Crippen molar-refractivity contribution in [1.29, 1.82) is 0 Å². The van der Waals surface area contributed by atoms with Crippen molar-refractivity contribution in [3.05, 3.63) is 59.1 Å². The van der Waals surface area contributed by atoms with Gasteiger partial charge in [-0.1, -0.05) is 30.7 Å². The number of aromatic hydroxyl groups is 1. The van der Waals surface area contributed by atoms with Crippen molar-refractivity contribution >= 4 is 32.3 Å². The van der Waals surface area contributed by atoms with Crippen LogP contribution in [0.3, 0.4) is 0 Å². The number of aryl methyl sites for hydroxylation is 1. The average Bonchev–Trinajstić information content (AvgIpc) is 3.31. The summed E-state index contributed by atoms with van der Waals surface area (Å²) in [6.07, 6.45) is 5.41. The molecule has 4 aromatic rings. The van der Waals surface area contributed by atoms with Gasteiger partial charge in [0.25, 0.3) is 0 Å². The Morgan fingerprint density at radius 2 is 1.96 bits per heavy atom. The summed E-state index contributed by atoms with van der Waals surface area (Å²) in [5.74, 6) is 0.762. The third-order valence-electron chi connectivity index (χ3n) is 5.94. The molecule has 1 saturated carbocycles. The predicted molar refractivity (Wildman–Crippen MR) is 114 cm³/mol. The van der Waals surface area contributed by atoms with Crippen LogP contribution in [0.15, 0.2) is 48.0 Å². The minimum Gasteiger partial charge on any atom is -0.507 e. The lowest BCUT2D eigenvalue weighted by Crippen LogP contribution is -2.22. The Morgan fingerprint density at radius 3 is 2.70 bits per heavy atom. The Kier molecular flexibility index (Phi) is 3.92. The Labute approximate surface area is 162 Å². The van der Waals surface area contributed by atoms with Gasteiger partial charge in [-0.15, -0.1) is 11.3 Å². The number of nitrogens with two attached hydrogens (primary N) is 1. The molecule has 0 saturated heterocycles. The van der Waals surface area contributed by atoms with E-state index in [2.05, 4.69) is 40.7 Å². The van der Waals surface area contributed by atoms with Crippen LogP contribution in [0.4, 0.5) is 0 Å². The van der Waals surface area contributed by atoms with Gasteiger partial charge in [0.1, 0.15) is 5.75 Å². The van der Waals surface area contributed by atoms with E-state index in [1.165, 1.54) is 18.4 Å². The zero-order valence-corrected chi connectivity index (χ0v) is 16.1. The zero-order valence-electron chi connectivity index (χ0n) is 15.3. The molecule has 2 atom stereocenters.